The smallest absolute Gasteiger partial charge is 0.319 e. The van der Waals surface area contributed by atoms with Crippen LogP contribution in [0.1, 0.15) is 5.56 Å². The number of urea groups is 1. The Morgan fingerprint density at radius 1 is 1.46 bits per heavy atom. The Morgan fingerprint density at radius 3 is 3.08 bits per heavy atom. The molecule has 2 fully saturated rings. The molecule has 9 nitrogen and oxygen atoms in total. The number of aliphatic hydroxyl groups is 1. The largest absolute Gasteiger partial charge is 0.389 e. The van der Waals surface area contributed by atoms with Gasteiger partial charge in [-0.1, -0.05) is 6.07 Å². The number of rotatable bonds is 6. The quantitative estimate of drug-likeness (QED) is 0.515. The van der Waals surface area contributed by atoms with Crippen LogP contribution in [0.4, 0.5) is 10.5 Å². The predicted octanol–water partition coefficient (Wildman–Crippen LogP) is -0.231. The number of aliphatic hydroxyl groups excluding tert-OH is 1. The number of hydrogen-bond acceptors (Lipinski definition) is 7. The Bertz CT molecular complexity index is 679. The first-order valence-electron chi connectivity index (χ1n) is 8.37. The molecule has 2 amide bonds. The molecule has 2 heterocycles. The number of methoxy groups -OCH3 is 1. The minimum absolute atomic E-state index is 0.291. The van der Waals surface area contributed by atoms with Gasteiger partial charge in [-0.15, -0.1) is 0 Å². The van der Waals surface area contributed by atoms with Crippen LogP contribution >= 0.6 is 0 Å². The van der Waals surface area contributed by atoms with Crippen molar-refractivity contribution in [3.63, 3.8) is 0 Å². The fourth-order valence-electron chi connectivity index (χ4n) is 3.13. The predicted molar refractivity (Wildman–Crippen MR) is 91.4 cm³/mol. The lowest BCUT2D eigenvalue weighted by Gasteiger charge is -2.39. The molecule has 0 aromatic heterocycles. The Hall–Kier alpha value is -2.22. The Balaban J connectivity index is 1.62. The maximum Gasteiger partial charge on any atom is 0.319 e. The third kappa shape index (κ3) is 4.12. The van der Waals surface area contributed by atoms with Crippen molar-refractivity contribution in [1.82, 2.24) is 10.6 Å². The molecule has 0 spiro atoms. The minimum atomic E-state index is -0.880. The number of amides is 2. The lowest BCUT2D eigenvalue weighted by Crippen LogP contribution is -2.65. The highest BCUT2D eigenvalue weighted by molar-refractivity contribution is 5.89. The van der Waals surface area contributed by atoms with Gasteiger partial charge in [0.2, 0.25) is 0 Å². The van der Waals surface area contributed by atoms with Gasteiger partial charge in [-0.2, -0.15) is 5.26 Å². The van der Waals surface area contributed by atoms with Gasteiger partial charge >= 0.3 is 6.03 Å². The van der Waals surface area contributed by atoms with Crippen LogP contribution in [0, 0.1) is 11.3 Å². The fourth-order valence-corrected chi connectivity index (χ4v) is 3.13. The molecule has 3 rings (SSSR count). The molecule has 0 saturated carbocycles. The molecule has 1 aromatic rings. The van der Waals surface area contributed by atoms with Crippen LogP contribution in [0.25, 0.3) is 0 Å². The van der Waals surface area contributed by atoms with E-state index in [-0.39, 0.29) is 0 Å². The van der Waals surface area contributed by atoms with E-state index in [1.807, 2.05) is 6.07 Å². The Labute approximate surface area is 151 Å². The molecular formula is C17H22N4O5. The van der Waals surface area contributed by atoms with Gasteiger partial charge in [0.1, 0.15) is 6.10 Å². The van der Waals surface area contributed by atoms with Crippen LogP contribution in [0.5, 0.6) is 0 Å². The third-order valence-electron chi connectivity index (χ3n) is 4.40. The van der Waals surface area contributed by atoms with Gasteiger partial charge in [0.25, 0.3) is 0 Å². The summed E-state index contributed by atoms with van der Waals surface area (Å²) in [6.07, 6.45) is -1.86. The van der Waals surface area contributed by atoms with E-state index in [9.17, 15) is 9.90 Å². The summed E-state index contributed by atoms with van der Waals surface area (Å²) < 4.78 is 16.3. The van der Waals surface area contributed by atoms with Crippen molar-refractivity contribution in [3.05, 3.63) is 29.8 Å². The first kappa shape index (κ1) is 18.6. The summed E-state index contributed by atoms with van der Waals surface area (Å²) in [7, 11) is 1.59. The summed E-state index contributed by atoms with van der Waals surface area (Å²) >= 11 is 0. The SMILES string of the molecule is COCCN[C@@H]1[C@@H]2OC[C@H](O2)[C@@H](NC(=O)Nc2cccc(C#N)c2)[C@@H]1O. The van der Waals surface area contributed by atoms with E-state index in [0.717, 1.165) is 0 Å². The second-order valence-corrected chi connectivity index (χ2v) is 6.16. The van der Waals surface area contributed by atoms with Gasteiger partial charge in [0.05, 0.1) is 43.0 Å². The molecule has 0 radical (unpaired) electrons. The maximum atomic E-state index is 12.3. The molecule has 2 bridgehead atoms. The van der Waals surface area contributed by atoms with Gasteiger partial charge in [0, 0.05) is 19.3 Å². The number of carbonyl (C=O) groups excluding carboxylic acids is 1. The number of carbonyl (C=O) groups is 1. The molecule has 4 N–H and O–H groups in total. The number of fused-ring (bicyclic) bond motifs is 2. The summed E-state index contributed by atoms with van der Waals surface area (Å²) in [4.78, 5) is 12.3. The van der Waals surface area contributed by atoms with Gasteiger partial charge in [-0.3, -0.25) is 0 Å². The second kappa shape index (κ2) is 8.44. The highest BCUT2D eigenvalue weighted by Gasteiger charge is 2.50. The highest BCUT2D eigenvalue weighted by Crippen LogP contribution is 2.28. The van der Waals surface area contributed by atoms with Crippen LogP contribution < -0.4 is 16.0 Å². The zero-order valence-electron chi connectivity index (χ0n) is 14.3. The van der Waals surface area contributed by atoms with Gasteiger partial charge in [-0.05, 0) is 18.2 Å². The molecule has 2 aliphatic heterocycles. The van der Waals surface area contributed by atoms with Crippen molar-refractivity contribution < 1.29 is 24.1 Å². The number of nitriles is 1. The van der Waals surface area contributed by atoms with E-state index in [4.69, 9.17) is 19.5 Å². The lowest BCUT2D eigenvalue weighted by molar-refractivity contribution is -0.151. The molecule has 26 heavy (non-hydrogen) atoms. The van der Waals surface area contributed by atoms with Crippen LogP contribution in [0.15, 0.2) is 24.3 Å². The summed E-state index contributed by atoms with van der Waals surface area (Å²) in [6, 6.07) is 6.99. The normalized spacial score (nSPS) is 29.8. The number of anilines is 1. The zero-order chi connectivity index (χ0) is 18.5. The minimum Gasteiger partial charge on any atom is -0.389 e. The molecule has 0 unspecified atom stereocenters. The van der Waals surface area contributed by atoms with Gasteiger partial charge in [-0.25, -0.2) is 4.79 Å². The summed E-state index contributed by atoms with van der Waals surface area (Å²) in [5.41, 5.74) is 0.932. The number of ether oxygens (including phenoxy) is 3. The van der Waals surface area contributed by atoms with Crippen LogP contribution in [0.3, 0.4) is 0 Å². The summed E-state index contributed by atoms with van der Waals surface area (Å²) in [5, 5.41) is 28.1. The van der Waals surface area contributed by atoms with Crippen molar-refractivity contribution in [2.24, 2.45) is 0 Å². The second-order valence-electron chi connectivity index (χ2n) is 6.16. The topological polar surface area (TPSA) is 125 Å². The molecule has 9 heteroatoms. The fraction of sp³-hybridized carbons (Fsp3) is 0.529. The molecular weight excluding hydrogens is 340 g/mol. The molecule has 5 atom stereocenters. The average molecular weight is 362 g/mol. The molecule has 140 valence electrons. The van der Waals surface area contributed by atoms with E-state index >= 15 is 0 Å². The van der Waals surface area contributed by atoms with Crippen molar-refractivity contribution in [2.45, 2.75) is 30.6 Å². The maximum absolute atomic E-state index is 12.3. The number of nitrogens with one attached hydrogen (secondary N) is 3. The number of nitrogens with zero attached hydrogens (tertiary/aromatic N) is 1. The molecule has 2 aliphatic rings. The lowest BCUT2D eigenvalue weighted by atomic mass is 9.96. The first-order chi connectivity index (χ1) is 12.6. The average Bonchev–Trinajstić information content (AvgIpc) is 3.08. The summed E-state index contributed by atoms with van der Waals surface area (Å²) in [6.45, 7) is 1.29. The van der Waals surface area contributed by atoms with Crippen molar-refractivity contribution >= 4 is 11.7 Å². The monoisotopic (exact) mass is 362 g/mol. The van der Waals surface area contributed by atoms with E-state index < -0.39 is 36.6 Å². The number of benzene rings is 1. The molecule has 2 saturated heterocycles. The van der Waals surface area contributed by atoms with Gasteiger partial charge < -0.3 is 35.3 Å². The first-order valence-corrected chi connectivity index (χ1v) is 8.37. The summed E-state index contributed by atoms with van der Waals surface area (Å²) in [5.74, 6) is 0. The van der Waals surface area contributed by atoms with E-state index in [2.05, 4.69) is 16.0 Å². The molecule has 1 aromatic carbocycles. The third-order valence-corrected chi connectivity index (χ3v) is 4.40. The van der Waals surface area contributed by atoms with Crippen LogP contribution in [-0.2, 0) is 14.2 Å². The molecule has 0 aliphatic carbocycles. The van der Waals surface area contributed by atoms with E-state index in [1.165, 1.54) is 0 Å². The van der Waals surface area contributed by atoms with Gasteiger partial charge in [0.15, 0.2) is 6.29 Å². The standard InChI is InChI=1S/C17H22N4O5/c1-24-6-5-19-14-15(22)13(12-9-25-16(14)26-12)21-17(23)20-11-4-2-3-10(7-11)8-18/h2-4,7,12-16,19,22H,5-6,9H2,1H3,(H2,20,21,23)/t12-,13+,14-,15-,16+/m0/s1. The Morgan fingerprint density at radius 2 is 2.31 bits per heavy atom. The van der Waals surface area contributed by atoms with E-state index in [1.54, 1.807) is 31.4 Å². The van der Waals surface area contributed by atoms with Crippen LogP contribution in [0.2, 0.25) is 0 Å². The van der Waals surface area contributed by atoms with Crippen molar-refractivity contribution in [3.8, 4) is 6.07 Å². The Kier molecular flexibility index (Phi) is 6.03. The van der Waals surface area contributed by atoms with Crippen molar-refractivity contribution in [1.29, 1.82) is 5.26 Å². The van der Waals surface area contributed by atoms with Crippen molar-refractivity contribution in [2.75, 3.05) is 32.2 Å². The highest BCUT2D eigenvalue weighted by atomic mass is 16.7. The zero-order valence-corrected chi connectivity index (χ0v) is 14.3. The number of hydrogen-bond donors (Lipinski definition) is 4. The van der Waals surface area contributed by atoms with Crippen LogP contribution in [-0.4, -0.2) is 68.6 Å². The van der Waals surface area contributed by atoms with E-state index in [0.29, 0.717) is 31.0 Å².